The molecular weight excluding hydrogens is 274 g/mol. The summed E-state index contributed by atoms with van der Waals surface area (Å²) >= 11 is 0. The van der Waals surface area contributed by atoms with E-state index in [-0.39, 0.29) is 12.0 Å². The molecule has 0 aromatic heterocycles. The lowest BCUT2D eigenvalue weighted by Gasteiger charge is -2.25. The Morgan fingerprint density at radius 2 is 1.50 bits per heavy atom. The van der Waals surface area contributed by atoms with E-state index < -0.39 is 0 Å². The summed E-state index contributed by atoms with van der Waals surface area (Å²) in [7, 11) is 0. The van der Waals surface area contributed by atoms with Crippen LogP contribution in [0.1, 0.15) is 24.0 Å². The van der Waals surface area contributed by atoms with Crippen molar-refractivity contribution < 1.29 is 9.53 Å². The molecule has 3 heteroatoms. The third-order valence-corrected chi connectivity index (χ3v) is 3.95. The topological polar surface area (TPSA) is 29.5 Å². The van der Waals surface area contributed by atoms with Crippen molar-refractivity contribution in [3.05, 3.63) is 71.8 Å². The van der Waals surface area contributed by atoms with Crippen molar-refractivity contribution in [1.82, 2.24) is 4.90 Å². The molecule has 1 aliphatic rings. The Bertz CT molecular complexity index is 550. The van der Waals surface area contributed by atoms with Crippen molar-refractivity contribution in [2.45, 2.75) is 32.0 Å². The summed E-state index contributed by atoms with van der Waals surface area (Å²) in [6.45, 7) is 1.93. The van der Waals surface area contributed by atoms with Gasteiger partial charge in [-0.25, -0.2) is 0 Å². The highest BCUT2D eigenvalue weighted by atomic mass is 16.5. The molecule has 3 nitrogen and oxygen atoms in total. The minimum atomic E-state index is -0.271. The SMILES string of the molecule is O=C([C@H]1CCCO1)N(Cc1ccccc1)Cc1ccccc1. The molecule has 22 heavy (non-hydrogen) atoms. The van der Waals surface area contributed by atoms with E-state index in [2.05, 4.69) is 24.3 Å². The van der Waals surface area contributed by atoms with E-state index in [1.807, 2.05) is 41.3 Å². The molecule has 1 aliphatic heterocycles. The number of hydrogen-bond donors (Lipinski definition) is 0. The maximum Gasteiger partial charge on any atom is 0.252 e. The van der Waals surface area contributed by atoms with Gasteiger partial charge >= 0.3 is 0 Å². The first-order valence-corrected chi connectivity index (χ1v) is 7.81. The lowest BCUT2D eigenvalue weighted by molar-refractivity contribution is -0.142. The smallest absolute Gasteiger partial charge is 0.252 e. The molecule has 0 radical (unpaired) electrons. The average Bonchev–Trinajstić information content (AvgIpc) is 3.10. The Morgan fingerprint density at radius 3 is 1.95 bits per heavy atom. The number of ether oxygens (including phenoxy) is 1. The molecule has 0 aliphatic carbocycles. The summed E-state index contributed by atoms with van der Waals surface area (Å²) in [6.07, 6.45) is 1.53. The maximum atomic E-state index is 12.8. The van der Waals surface area contributed by atoms with E-state index in [1.165, 1.54) is 0 Å². The van der Waals surface area contributed by atoms with Gasteiger partial charge in [-0.2, -0.15) is 0 Å². The normalized spacial score (nSPS) is 17.4. The van der Waals surface area contributed by atoms with Crippen LogP contribution < -0.4 is 0 Å². The number of carbonyl (C=O) groups is 1. The van der Waals surface area contributed by atoms with Gasteiger partial charge in [0.15, 0.2) is 0 Å². The standard InChI is InChI=1S/C19H21NO2/c21-19(18-12-7-13-22-18)20(14-16-8-3-1-4-9-16)15-17-10-5-2-6-11-17/h1-6,8-11,18H,7,12-15H2/t18-/m1/s1. The monoisotopic (exact) mass is 295 g/mol. The summed E-state index contributed by atoms with van der Waals surface area (Å²) in [4.78, 5) is 14.7. The number of nitrogens with zero attached hydrogens (tertiary/aromatic N) is 1. The Labute approximate surface area is 131 Å². The molecule has 0 spiro atoms. The molecule has 1 fully saturated rings. The van der Waals surface area contributed by atoms with Crippen molar-refractivity contribution in [2.75, 3.05) is 6.61 Å². The number of carbonyl (C=O) groups excluding carboxylic acids is 1. The third-order valence-electron chi connectivity index (χ3n) is 3.95. The fourth-order valence-electron chi connectivity index (χ4n) is 2.80. The largest absolute Gasteiger partial charge is 0.368 e. The molecule has 0 bridgehead atoms. The summed E-state index contributed by atoms with van der Waals surface area (Å²) < 4.78 is 5.58. The number of hydrogen-bond acceptors (Lipinski definition) is 2. The number of rotatable bonds is 5. The highest BCUT2D eigenvalue weighted by Crippen LogP contribution is 2.18. The van der Waals surface area contributed by atoms with Gasteiger partial charge < -0.3 is 9.64 Å². The predicted octanol–water partition coefficient (Wildman–Crippen LogP) is 3.39. The maximum absolute atomic E-state index is 12.8. The van der Waals surface area contributed by atoms with Crippen LogP contribution in [-0.2, 0) is 22.6 Å². The van der Waals surface area contributed by atoms with Crippen molar-refractivity contribution in [2.24, 2.45) is 0 Å². The van der Waals surface area contributed by atoms with Crippen LogP contribution in [0.4, 0.5) is 0 Å². The Kier molecular flexibility index (Phi) is 4.86. The Morgan fingerprint density at radius 1 is 0.955 bits per heavy atom. The van der Waals surface area contributed by atoms with Crippen LogP contribution in [0.15, 0.2) is 60.7 Å². The highest BCUT2D eigenvalue weighted by Gasteiger charge is 2.28. The van der Waals surface area contributed by atoms with E-state index in [1.54, 1.807) is 0 Å². The van der Waals surface area contributed by atoms with Crippen LogP contribution in [0.2, 0.25) is 0 Å². The van der Waals surface area contributed by atoms with Gasteiger partial charge in [-0.05, 0) is 24.0 Å². The second-order valence-corrected chi connectivity index (χ2v) is 5.67. The molecule has 0 N–H and O–H groups in total. The zero-order valence-electron chi connectivity index (χ0n) is 12.7. The zero-order valence-corrected chi connectivity index (χ0v) is 12.7. The van der Waals surface area contributed by atoms with E-state index in [0.717, 1.165) is 24.0 Å². The lowest BCUT2D eigenvalue weighted by Crippen LogP contribution is -2.38. The molecule has 0 saturated carbocycles. The van der Waals surface area contributed by atoms with Crippen molar-refractivity contribution >= 4 is 5.91 Å². The molecule has 1 saturated heterocycles. The fourth-order valence-corrected chi connectivity index (χ4v) is 2.80. The predicted molar refractivity (Wildman–Crippen MR) is 86.1 cm³/mol. The molecule has 1 amide bonds. The number of benzene rings is 2. The number of amides is 1. The molecule has 114 valence electrons. The molecule has 2 aromatic rings. The van der Waals surface area contributed by atoms with E-state index in [9.17, 15) is 4.79 Å². The summed E-state index contributed by atoms with van der Waals surface area (Å²) in [5.41, 5.74) is 2.29. The van der Waals surface area contributed by atoms with Crippen molar-refractivity contribution in [3.8, 4) is 0 Å². The van der Waals surface area contributed by atoms with Gasteiger partial charge in [0.25, 0.3) is 5.91 Å². The van der Waals surface area contributed by atoms with Gasteiger partial charge in [0.05, 0.1) is 0 Å². The molecule has 0 unspecified atom stereocenters. The summed E-state index contributed by atoms with van der Waals surface area (Å²) in [5.74, 6) is 0.102. The minimum Gasteiger partial charge on any atom is -0.368 e. The summed E-state index contributed by atoms with van der Waals surface area (Å²) in [6, 6.07) is 20.2. The van der Waals surface area contributed by atoms with Crippen molar-refractivity contribution in [3.63, 3.8) is 0 Å². The Hall–Kier alpha value is -2.13. The molecule has 3 rings (SSSR count). The second kappa shape index (κ2) is 7.23. The lowest BCUT2D eigenvalue weighted by atomic mass is 10.1. The molecular formula is C19H21NO2. The van der Waals surface area contributed by atoms with Crippen LogP contribution in [0.3, 0.4) is 0 Å². The summed E-state index contributed by atoms with van der Waals surface area (Å²) in [5, 5.41) is 0. The first kappa shape index (κ1) is 14.8. The first-order chi connectivity index (χ1) is 10.8. The second-order valence-electron chi connectivity index (χ2n) is 5.67. The molecule has 1 heterocycles. The van der Waals surface area contributed by atoms with E-state index in [0.29, 0.717) is 19.7 Å². The third kappa shape index (κ3) is 3.74. The van der Waals surface area contributed by atoms with Gasteiger partial charge in [-0.15, -0.1) is 0 Å². The van der Waals surface area contributed by atoms with Gasteiger partial charge in [0.2, 0.25) is 0 Å². The highest BCUT2D eigenvalue weighted by molar-refractivity contribution is 5.81. The Balaban J connectivity index is 1.76. The van der Waals surface area contributed by atoms with Gasteiger partial charge in [0.1, 0.15) is 6.10 Å². The van der Waals surface area contributed by atoms with Crippen LogP contribution in [0.5, 0.6) is 0 Å². The van der Waals surface area contributed by atoms with E-state index >= 15 is 0 Å². The average molecular weight is 295 g/mol. The van der Waals surface area contributed by atoms with Crippen molar-refractivity contribution in [1.29, 1.82) is 0 Å². The molecule has 1 atom stereocenters. The van der Waals surface area contributed by atoms with Crippen LogP contribution >= 0.6 is 0 Å². The van der Waals surface area contributed by atoms with Crippen LogP contribution in [-0.4, -0.2) is 23.5 Å². The first-order valence-electron chi connectivity index (χ1n) is 7.81. The molecule has 2 aromatic carbocycles. The van der Waals surface area contributed by atoms with Crippen LogP contribution in [0, 0.1) is 0 Å². The quantitative estimate of drug-likeness (QED) is 0.846. The van der Waals surface area contributed by atoms with Crippen LogP contribution in [0.25, 0.3) is 0 Å². The van der Waals surface area contributed by atoms with E-state index in [4.69, 9.17) is 4.74 Å². The fraction of sp³-hybridized carbons (Fsp3) is 0.316. The van der Waals surface area contributed by atoms with Gasteiger partial charge in [0, 0.05) is 19.7 Å². The van der Waals surface area contributed by atoms with Gasteiger partial charge in [-0.3, -0.25) is 4.79 Å². The minimum absolute atomic E-state index is 0.102. The van der Waals surface area contributed by atoms with Gasteiger partial charge in [-0.1, -0.05) is 60.7 Å². The zero-order chi connectivity index (χ0) is 15.2.